The first-order chi connectivity index (χ1) is 12.8. The van der Waals surface area contributed by atoms with Gasteiger partial charge in [0.05, 0.1) is 11.0 Å². The first-order valence-electron chi connectivity index (χ1n) is 8.30. The van der Waals surface area contributed by atoms with Crippen LogP contribution in [0.2, 0.25) is 0 Å². The third kappa shape index (κ3) is 3.42. The second-order valence-electron chi connectivity index (χ2n) is 5.84. The molecule has 0 aliphatic carbocycles. The van der Waals surface area contributed by atoms with Crippen LogP contribution in [0.5, 0.6) is 5.75 Å². The molecule has 0 bridgehead atoms. The van der Waals surface area contributed by atoms with E-state index in [1.54, 1.807) is 35.3 Å². The molecule has 0 unspecified atom stereocenters. The minimum Gasteiger partial charge on any atom is -0.489 e. The number of nitrogens with zero attached hydrogens (tertiary/aromatic N) is 2. The summed E-state index contributed by atoms with van der Waals surface area (Å²) in [6.45, 7) is 0.493. The lowest BCUT2D eigenvalue weighted by molar-refractivity contribution is 0.101. The lowest BCUT2D eigenvalue weighted by Crippen LogP contribution is -2.21. The fourth-order valence-corrected chi connectivity index (χ4v) is 2.67. The number of para-hydroxylation sites is 2. The third-order valence-electron chi connectivity index (χ3n) is 4.04. The molecule has 4 aromatic rings. The van der Waals surface area contributed by atoms with Gasteiger partial charge in [-0.15, -0.1) is 0 Å². The summed E-state index contributed by atoms with van der Waals surface area (Å²) in [6, 6.07) is 24.7. The molecule has 1 amide bonds. The van der Waals surface area contributed by atoms with Crippen molar-refractivity contribution in [3.05, 3.63) is 96.3 Å². The highest BCUT2D eigenvalue weighted by atomic mass is 16.5. The van der Waals surface area contributed by atoms with Crippen molar-refractivity contribution < 1.29 is 9.53 Å². The van der Waals surface area contributed by atoms with Crippen molar-refractivity contribution in [1.82, 2.24) is 9.66 Å². The van der Waals surface area contributed by atoms with E-state index in [1.165, 1.54) is 0 Å². The van der Waals surface area contributed by atoms with Gasteiger partial charge in [0, 0.05) is 5.56 Å². The molecule has 128 valence electrons. The molecular formula is C21H17N3O2. The van der Waals surface area contributed by atoms with Crippen molar-refractivity contribution in [3.63, 3.8) is 0 Å². The van der Waals surface area contributed by atoms with Crippen molar-refractivity contribution in [3.8, 4) is 5.75 Å². The molecule has 0 aliphatic heterocycles. The number of ether oxygens (including phenoxy) is 1. The molecular weight excluding hydrogens is 326 g/mol. The Kier molecular flexibility index (Phi) is 4.35. The van der Waals surface area contributed by atoms with Crippen molar-refractivity contribution in [2.75, 3.05) is 5.43 Å². The number of imidazole rings is 1. The minimum atomic E-state index is -0.206. The molecule has 4 rings (SSSR count). The van der Waals surface area contributed by atoms with E-state index in [0.29, 0.717) is 12.2 Å². The zero-order valence-corrected chi connectivity index (χ0v) is 14.0. The van der Waals surface area contributed by atoms with Crippen molar-refractivity contribution in [2.45, 2.75) is 6.61 Å². The molecule has 0 atom stereocenters. The number of aromatic nitrogens is 2. The summed E-state index contributed by atoms with van der Waals surface area (Å²) < 4.78 is 7.37. The number of nitrogens with one attached hydrogen (secondary N) is 1. The van der Waals surface area contributed by atoms with Gasteiger partial charge in [0.1, 0.15) is 18.7 Å². The molecule has 0 spiro atoms. The lowest BCUT2D eigenvalue weighted by atomic mass is 10.2. The number of carbonyl (C=O) groups excluding carboxylic acids is 1. The van der Waals surface area contributed by atoms with Gasteiger partial charge in [0.25, 0.3) is 5.91 Å². The van der Waals surface area contributed by atoms with E-state index < -0.39 is 0 Å². The Morgan fingerprint density at radius 3 is 2.46 bits per heavy atom. The Labute approximate surface area is 150 Å². The van der Waals surface area contributed by atoms with Gasteiger partial charge in [-0.25, -0.2) is 9.66 Å². The number of carbonyl (C=O) groups is 1. The second-order valence-corrected chi connectivity index (χ2v) is 5.84. The van der Waals surface area contributed by atoms with Crippen LogP contribution >= 0.6 is 0 Å². The van der Waals surface area contributed by atoms with Gasteiger partial charge in [-0.2, -0.15) is 0 Å². The molecule has 0 aliphatic rings. The molecule has 0 fully saturated rings. The summed E-state index contributed by atoms with van der Waals surface area (Å²) in [5.41, 5.74) is 6.16. The van der Waals surface area contributed by atoms with Crippen molar-refractivity contribution in [1.29, 1.82) is 0 Å². The molecule has 26 heavy (non-hydrogen) atoms. The van der Waals surface area contributed by atoms with Crippen LogP contribution in [0.1, 0.15) is 15.9 Å². The predicted octanol–water partition coefficient (Wildman–Crippen LogP) is 4.00. The van der Waals surface area contributed by atoms with E-state index in [1.807, 2.05) is 54.6 Å². The van der Waals surface area contributed by atoms with E-state index in [2.05, 4.69) is 10.4 Å². The van der Waals surface area contributed by atoms with Crippen LogP contribution in [0.25, 0.3) is 11.0 Å². The summed E-state index contributed by atoms with van der Waals surface area (Å²) in [5, 5.41) is 0. The highest BCUT2D eigenvalue weighted by Crippen LogP contribution is 2.15. The summed E-state index contributed by atoms with van der Waals surface area (Å²) in [7, 11) is 0. The summed E-state index contributed by atoms with van der Waals surface area (Å²) in [5.74, 6) is 0.515. The summed E-state index contributed by atoms with van der Waals surface area (Å²) in [6.07, 6.45) is 1.60. The number of benzene rings is 3. The largest absolute Gasteiger partial charge is 0.489 e. The molecule has 0 saturated heterocycles. The molecule has 0 radical (unpaired) electrons. The maximum absolute atomic E-state index is 12.4. The average Bonchev–Trinajstić information content (AvgIpc) is 3.10. The van der Waals surface area contributed by atoms with Gasteiger partial charge >= 0.3 is 0 Å². The standard InChI is InChI=1S/C21H17N3O2/c25-21(23-24-15-22-19-8-4-5-9-20(19)24)17-10-12-18(13-11-17)26-14-16-6-2-1-3-7-16/h1-13,15H,14H2,(H,23,25). The first-order valence-corrected chi connectivity index (χ1v) is 8.30. The van der Waals surface area contributed by atoms with Gasteiger partial charge < -0.3 is 4.74 Å². The van der Waals surface area contributed by atoms with E-state index >= 15 is 0 Å². The Balaban J connectivity index is 1.42. The molecule has 1 N–H and O–H groups in total. The molecule has 3 aromatic carbocycles. The van der Waals surface area contributed by atoms with Crippen LogP contribution in [0.3, 0.4) is 0 Å². The fourth-order valence-electron chi connectivity index (χ4n) is 2.67. The van der Waals surface area contributed by atoms with E-state index in [-0.39, 0.29) is 5.91 Å². The lowest BCUT2D eigenvalue weighted by Gasteiger charge is -2.09. The maximum Gasteiger partial charge on any atom is 0.270 e. The fraction of sp³-hybridized carbons (Fsp3) is 0.0476. The average molecular weight is 343 g/mol. The molecule has 5 nitrogen and oxygen atoms in total. The van der Waals surface area contributed by atoms with Gasteiger partial charge in [-0.3, -0.25) is 10.2 Å². The number of hydrogen-bond donors (Lipinski definition) is 1. The number of rotatable bonds is 5. The van der Waals surface area contributed by atoms with Crippen LogP contribution in [0.15, 0.2) is 85.2 Å². The number of hydrogen-bond acceptors (Lipinski definition) is 3. The number of amides is 1. The van der Waals surface area contributed by atoms with Gasteiger partial charge in [-0.1, -0.05) is 42.5 Å². The molecule has 1 aromatic heterocycles. The van der Waals surface area contributed by atoms with Crippen LogP contribution in [0.4, 0.5) is 0 Å². The normalized spacial score (nSPS) is 10.6. The van der Waals surface area contributed by atoms with Gasteiger partial charge in [0.15, 0.2) is 0 Å². The van der Waals surface area contributed by atoms with Crippen LogP contribution in [-0.2, 0) is 6.61 Å². The van der Waals surface area contributed by atoms with Crippen LogP contribution in [-0.4, -0.2) is 15.6 Å². The minimum absolute atomic E-state index is 0.206. The van der Waals surface area contributed by atoms with E-state index in [0.717, 1.165) is 22.3 Å². The Hall–Kier alpha value is -3.60. The van der Waals surface area contributed by atoms with Crippen molar-refractivity contribution in [2.24, 2.45) is 0 Å². The molecule has 5 heteroatoms. The number of fused-ring (bicyclic) bond motifs is 1. The van der Waals surface area contributed by atoms with Gasteiger partial charge in [0.2, 0.25) is 0 Å². The van der Waals surface area contributed by atoms with Gasteiger partial charge in [-0.05, 0) is 42.0 Å². The van der Waals surface area contributed by atoms with E-state index in [4.69, 9.17) is 4.74 Å². The second kappa shape index (κ2) is 7.11. The smallest absolute Gasteiger partial charge is 0.270 e. The topological polar surface area (TPSA) is 56.2 Å². The Bertz CT molecular complexity index is 1020. The maximum atomic E-state index is 12.4. The van der Waals surface area contributed by atoms with E-state index in [9.17, 15) is 4.79 Å². The van der Waals surface area contributed by atoms with Crippen LogP contribution in [0, 0.1) is 0 Å². The molecule has 0 saturated carbocycles. The highest BCUT2D eigenvalue weighted by Gasteiger charge is 2.08. The SMILES string of the molecule is O=C(Nn1cnc2ccccc21)c1ccc(OCc2ccccc2)cc1. The van der Waals surface area contributed by atoms with Crippen LogP contribution < -0.4 is 10.2 Å². The summed E-state index contributed by atoms with van der Waals surface area (Å²) >= 11 is 0. The Morgan fingerprint density at radius 2 is 1.65 bits per heavy atom. The first kappa shape index (κ1) is 15.9. The zero-order chi connectivity index (χ0) is 17.8. The quantitative estimate of drug-likeness (QED) is 0.596. The monoisotopic (exact) mass is 343 g/mol. The highest BCUT2D eigenvalue weighted by molar-refractivity contribution is 6.00. The molecule has 1 heterocycles. The third-order valence-corrected chi connectivity index (χ3v) is 4.04. The predicted molar refractivity (Wildman–Crippen MR) is 101 cm³/mol. The van der Waals surface area contributed by atoms with Crippen molar-refractivity contribution >= 4 is 16.9 Å². The Morgan fingerprint density at radius 1 is 0.923 bits per heavy atom. The summed E-state index contributed by atoms with van der Waals surface area (Å²) in [4.78, 5) is 16.7. The zero-order valence-electron chi connectivity index (χ0n) is 14.0.